The van der Waals surface area contributed by atoms with Crippen LogP contribution in [-0.2, 0) is 13.0 Å². The van der Waals surface area contributed by atoms with Crippen LogP contribution in [0.3, 0.4) is 0 Å². The Labute approximate surface area is 156 Å². The standard InChI is InChI=1S/C22H29N3O/c1-16-4-5-18(13-21(16)23)14-22(26)19-6-7-20(17(2)12-19)15-25-10-8-24(3)9-11-25/h4-7,12-13H,8-11,14-15,23H2,1-3H3. The summed E-state index contributed by atoms with van der Waals surface area (Å²) in [5.41, 5.74) is 12.0. The van der Waals surface area contributed by atoms with Gasteiger partial charge in [-0.05, 0) is 55.3 Å². The quantitative estimate of drug-likeness (QED) is 0.664. The summed E-state index contributed by atoms with van der Waals surface area (Å²) in [7, 11) is 2.17. The molecule has 1 saturated heterocycles. The van der Waals surface area contributed by atoms with E-state index in [-0.39, 0.29) is 5.78 Å². The van der Waals surface area contributed by atoms with Gasteiger partial charge in [-0.2, -0.15) is 0 Å². The number of aryl methyl sites for hydroxylation is 2. The number of hydrogen-bond acceptors (Lipinski definition) is 4. The Balaban J connectivity index is 1.66. The molecule has 1 fully saturated rings. The van der Waals surface area contributed by atoms with Crippen LogP contribution in [0.1, 0.15) is 32.6 Å². The molecule has 1 aliphatic heterocycles. The van der Waals surface area contributed by atoms with Gasteiger partial charge in [0.1, 0.15) is 0 Å². The third kappa shape index (κ3) is 4.51. The first kappa shape index (κ1) is 18.6. The van der Waals surface area contributed by atoms with Gasteiger partial charge in [0.25, 0.3) is 0 Å². The number of nitrogens with zero attached hydrogens (tertiary/aromatic N) is 2. The Morgan fingerprint density at radius 2 is 1.73 bits per heavy atom. The molecule has 0 spiro atoms. The van der Waals surface area contributed by atoms with Crippen molar-refractivity contribution in [2.24, 2.45) is 0 Å². The number of carbonyl (C=O) groups excluding carboxylic acids is 1. The smallest absolute Gasteiger partial charge is 0.167 e. The zero-order chi connectivity index (χ0) is 18.7. The molecule has 2 aromatic carbocycles. The minimum atomic E-state index is 0.141. The van der Waals surface area contributed by atoms with Gasteiger partial charge in [-0.25, -0.2) is 0 Å². The third-order valence-corrected chi connectivity index (χ3v) is 5.36. The van der Waals surface area contributed by atoms with E-state index in [0.717, 1.165) is 55.1 Å². The van der Waals surface area contributed by atoms with Gasteiger partial charge in [-0.15, -0.1) is 0 Å². The van der Waals surface area contributed by atoms with Gasteiger partial charge < -0.3 is 10.6 Å². The molecule has 1 heterocycles. The van der Waals surface area contributed by atoms with E-state index < -0.39 is 0 Å². The second kappa shape index (κ2) is 8.02. The molecule has 0 unspecified atom stereocenters. The maximum atomic E-state index is 12.6. The summed E-state index contributed by atoms with van der Waals surface area (Å²) >= 11 is 0. The first-order chi connectivity index (χ1) is 12.4. The van der Waals surface area contributed by atoms with Crippen LogP contribution >= 0.6 is 0 Å². The Morgan fingerprint density at radius 1 is 1.00 bits per heavy atom. The monoisotopic (exact) mass is 351 g/mol. The van der Waals surface area contributed by atoms with Crippen LogP contribution < -0.4 is 5.73 Å². The molecule has 2 aromatic rings. The van der Waals surface area contributed by atoms with Crippen LogP contribution in [0, 0.1) is 13.8 Å². The Morgan fingerprint density at radius 3 is 2.38 bits per heavy atom. The zero-order valence-corrected chi connectivity index (χ0v) is 16.1. The average Bonchev–Trinajstić information content (AvgIpc) is 2.61. The number of anilines is 1. The highest BCUT2D eigenvalue weighted by atomic mass is 16.1. The molecule has 4 nitrogen and oxygen atoms in total. The normalized spacial score (nSPS) is 16.0. The van der Waals surface area contributed by atoms with Crippen molar-refractivity contribution in [3.8, 4) is 0 Å². The molecule has 0 atom stereocenters. The topological polar surface area (TPSA) is 49.6 Å². The van der Waals surface area contributed by atoms with E-state index in [9.17, 15) is 4.79 Å². The number of nitrogen functional groups attached to an aromatic ring is 1. The Bertz CT molecular complexity index is 792. The first-order valence-corrected chi connectivity index (χ1v) is 9.31. The number of piperazine rings is 1. The lowest BCUT2D eigenvalue weighted by molar-refractivity contribution is 0.0993. The maximum Gasteiger partial charge on any atom is 0.167 e. The van der Waals surface area contributed by atoms with Crippen LogP contribution in [0.2, 0.25) is 0 Å². The molecule has 0 amide bonds. The highest BCUT2D eigenvalue weighted by molar-refractivity contribution is 5.97. The van der Waals surface area contributed by atoms with Crippen molar-refractivity contribution in [2.45, 2.75) is 26.8 Å². The highest BCUT2D eigenvalue weighted by Gasteiger charge is 2.15. The summed E-state index contributed by atoms with van der Waals surface area (Å²) < 4.78 is 0. The van der Waals surface area contributed by atoms with Crippen LogP contribution in [0.15, 0.2) is 36.4 Å². The van der Waals surface area contributed by atoms with Gasteiger partial charge >= 0.3 is 0 Å². The van der Waals surface area contributed by atoms with Crippen molar-refractivity contribution in [3.63, 3.8) is 0 Å². The fourth-order valence-electron chi connectivity index (χ4n) is 3.38. The van der Waals surface area contributed by atoms with Gasteiger partial charge in [0.2, 0.25) is 0 Å². The molecule has 138 valence electrons. The van der Waals surface area contributed by atoms with Crippen LogP contribution in [0.4, 0.5) is 5.69 Å². The molecule has 0 bridgehead atoms. The van der Waals surface area contributed by atoms with Gasteiger partial charge in [0.15, 0.2) is 5.78 Å². The predicted molar refractivity (Wildman–Crippen MR) is 108 cm³/mol. The summed E-state index contributed by atoms with van der Waals surface area (Å²) in [6.45, 7) is 9.49. The van der Waals surface area contributed by atoms with E-state index in [0.29, 0.717) is 6.42 Å². The number of likely N-dealkylation sites (N-methyl/N-ethyl adjacent to an activating group) is 1. The molecule has 1 aliphatic rings. The van der Waals surface area contributed by atoms with Crippen molar-refractivity contribution >= 4 is 11.5 Å². The molecule has 0 saturated carbocycles. The van der Waals surface area contributed by atoms with Crippen molar-refractivity contribution in [2.75, 3.05) is 39.0 Å². The average molecular weight is 351 g/mol. The third-order valence-electron chi connectivity index (χ3n) is 5.36. The summed E-state index contributed by atoms with van der Waals surface area (Å²) in [6, 6.07) is 12.0. The molecule has 0 aliphatic carbocycles. The molecule has 26 heavy (non-hydrogen) atoms. The minimum Gasteiger partial charge on any atom is -0.399 e. The van der Waals surface area contributed by atoms with Gasteiger partial charge in [0, 0.05) is 50.4 Å². The van der Waals surface area contributed by atoms with Crippen LogP contribution in [0.5, 0.6) is 0 Å². The second-order valence-electron chi connectivity index (χ2n) is 7.51. The predicted octanol–water partition coefficient (Wildman–Crippen LogP) is 3.06. The largest absolute Gasteiger partial charge is 0.399 e. The number of hydrogen-bond donors (Lipinski definition) is 1. The van der Waals surface area contributed by atoms with Gasteiger partial charge in [0.05, 0.1) is 0 Å². The maximum absolute atomic E-state index is 12.6. The number of nitrogens with two attached hydrogens (primary N) is 1. The zero-order valence-electron chi connectivity index (χ0n) is 16.1. The Hall–Kier alpha value is -2.17. The molecule has 3 rings (SSSR count). The summed E-state index contributed by atoms with van der Waals surface area (Å²) in [5.74, 6) is 0.141. The van der Waals surface area contributed by atoms with Crippen molar-refractivity contribution in [1.29, 1.82) is 0 Å². The number of benzene rings is 2. The number of carbonyl (C=O) groups is 1. The van der Waals surface area contributed by atoms with E-state index >= 15 is 0 Å². The molecular weight excluding hydrogens is 322 g/mol. The van der Waals surface area contributed by atoms with E-state index in [1.165, 1.54) is 11.1 Å². The number of rotatable bonds is 5. The highest BCUT2D eigenvalue weighted by Crippen LogP contribution is 2.18. The SMILES string of the molecule is Cc1ccc(CC(=O)c2ccc(CN3CCN(C)CC3)c(C)c2)cc1N. The van der Waals surface area contributed by atoms with Gasteiger partial charge in [-0.3, -0.25) is 9.69 Å². The van der Waals surface area contributed by atoms with Crippen LogP contribution in [-0.4, -0.2) is 48.8 Å². The lowest BCUT2D eigenvalue weighted by Crippen LogP contribution is -2.43. The van der Waals surface area contributed by atoms with E-state index in [1.807, 2.05) is 37.3 Å². The van der Waals surface area contributed by atoms with Gasteiger partial charge in [-0.1, -0.05) is 24.3 Å². The summed E-state index contributed by atoms with van der Waals surface area (Å²) in [5, 5.41) is 0. The fraction of sp³-hybridized carbons (Fsp3) is 0.409. The van der Waals surface area contributed by atoms with E-state index in [2.05, 4.69) is 29.8 Å². The van der Waals surface area contributed by atoms with E-state index in [4.69, 9.17) is 5.73 Å². The molecular formula is C22H29N3O. The lowest BCUT2D eigenvalue weighted by Gasteiger charge is -2.32. The number of ketones is 1. The number of Topliss-reactive ketones (excluding diaryl/α,β-unsaturated/α-hetero) is 1. The lowest BCUT2D eigenvalue weighted by atomic mass is 9.98. The Kier molecular flexibility index (Phi) is 5.74. The molecule has 2 N–H and O–H groups in total. The van der Waals surface area contributed by atoms with Crippen LogP contribution in [0.25, 0.3) is 0 Å². The first-order valence-electron chi connectivity index (χ1n) is 9.31. The minimum absolute atomic E-state index is 0.141. The second-order valence-corrected chi connectivity index (χ2v) is 7.51. The molecule has 0 aromatic heterocycles. The summed E-state index contributed by atoms with van der Waals surface area (Å²) in [4.78, 5) is 17.5. The van der Waals surface area contributed by atoms with Crippen molar-refractivity contribution in [3.05, 3.63) is 64.2 Å². The summed E-state index contributed by atoms with van der Waals surface area (Å²) in [6.07, 6.45) is 0.391. The fourth-order valence-corrected chi connectivity index (χ4v) is 3.38. The van der Waals surface area contributed by atoms with Crippen molar-refractivity contribution in [1.82, 2.24) is 9.80 Å². The van der Waals surface area contributed by atoms with Crippen molar-refractivity contribution < 1.29 is 4.79 Å². The molecule has 0 radical (unpaired) electrons. The molecule has 4 heteroatoms. The van der Waals surface area contributed by atoms with E-state index in [1.54, 1.807) is 0 Å².